The maximum atomic E-state index is 11.1. The van der Waals surface area contributed by atoms with Crippen molar-refractivity contribution in [2.24, 2.45) is 4.99 Å². The molecule has 7 heteroatoms. The molecule has 7 nitrogen and oxygen atoms in total. The molecule has 0 aromatic carbocycles. The Labute approximate surface area is 131 Å². The monoisotopic (exact) mass is 310 g/mol. The fourth-order valence-corrected chi connectivity index (χ4v) is 2.00. The standard InChI is InChI=1S/C15H26N4O3/c1-5-12-11(13(6-2)22-19-12)10-18-15(16-7-3)17-9-8-14(20)21-4/h5-10H2,1-4H3,(H2,16,17,18). The van der Waals surface area contributed by atoms with Gasteiger partial charge in [-0.3, -0.25) is 4.79 Å². The van der Waals surface area contributed by atoms with Gasteiger partial charge in [0, 0.05) is 25.1 Å². The minimum absolute atomic E-state index is 0.246. The van der Waals surface area contributed by atoms with E-state index in [1.54, 1.807) is 0 Å². The average molecular weight is 310 g/mol. The molecule has 0 spiro atoms. The summed E-state index contributed by atoms with van der Waals surface area (Å²) < 4.78 is 9.95. The van der Waals surface area contributed by atoms with E-state index in [1.165, 1.54) is 7.11 Å². The lowest BCUT2D eigenvalue weighted by Gasteiger charge is -2.10. The van der Waals surface area contributed by atoms with Gasteiger partial charge in [0.2, 0.25) is 0 Å². The third-order valence-corrected chi connectivity index (χ3v) is 3.20. The minimum atomic E-state index is -0.246. The third-order valence-electron chi connectivity index (χ3n) is 3.20. The Balaban J connectivity index is 2.69. The summed E-state index contributed by atoms with van der Waals surface area (Å²) in [7, 11) is 1.38. The van der Waals surface area contributed by atoms with E-state index in [2.05, 4.69) is 25.5 Å². The van der Waals surface area contributed by atoms with Gasteiger partial charge in [-0.25, -0.2) is 4.99 Å². The number of rotatable bonds is 8. The number of hydrogen-bond acceptors (Lipinski definition) is 5. The largest absolute Gasteiger partial charge is 0.469 e. The van der Waals surface area contributed by atoms with Crippen LogP contribution in [0.5, 0.6) is 0 Å². The molecule has 0 aliphatic rings. The van der Waals surface area contributed by atoms with Crippen molar-refractivity contribution in [1.29, 1.82) is 0 Å². The Morgan fingerprint density at radius 1 is 1.27 bits per heavy atom. The van der Waals surface area contributed by atoms with E-state index in [0.29, 0.717) is 25.5 Å². The molecule has 0 radical (unpaired) electrons. The van der Waals surface area contributed by atoms with Crippen LogP contribution in [0.25, 0.3) is 0 Å². The predicted octanol–water partition coefficient (Wildman–Crippen LogP) is 1.42. The number of hydrogen-bond donors (Lipinski definition) is 2. The van der Waals surface area contributed by atoms with Gasteiger partial charge in [0.1, 0.15) is 5.76 Å². The molecule has 22 heavy (non-hydrogen) atoms. The van der Waals surface area contributed by atoms with Crippen LogP contribution in [-0.4, -0.2) is 37.3 Å². The first-order valence-electron chi connectivity index (χ1n) is 7.71. The second-order valence-corrected chi connectivity index (χ2v) is 4.69. The first-order chi connectivity index (χ1) is 10.7. The van der Waals surface area contributed by atoms with E-state index >= 15 is 0 Å². The van der Waals surface area contributed by atoms with Crippen LogP contribution in [0.1, 0.15) is 44.2 Å². The maximum Gasteiger partial charge on any atom is 0.307 e. The molecule has 1 rings (SSSR count). The molecule has 0 amide bonds. The van der Waals surface area contributed by atoms with Gasteiger partial charge >= 0.3 is 5.97 Å². The van der Waals surface area contributed by atoms with Gasteiger partial charge in [-0.05, 0) is 13.3 Å². The van der Waals surface area contributed by atoms with Gasteiger partial charge in [0.15, 0.2) is 5.96 Å². The first kappa shape index (κ1) is 18.0. The summed E-state index contributed by atoms with van der Waals surface area (Å²) in [6.07, 6.45) is 1.92. The van der Waals surface area contributed by atoms with Crippen LogP contribution in [0.15, 0.2) is 9.52 Å². The van der Waals surface area contributed by atoms with E-state index < -0.39 is 0 Å². The Kier molecular flexibility index (Phi) is 8.03. The summed E-state index contributed by atoms with van der Waals surface area (Å²) in [6.45, 7) is 7.80. The molecule has 0 atom stereocenters. The summed E-state index contributed by atoms with van der Waals surface area (Å²) in [4.78, 5) is 15.7. The highest BCUT2D eigenvalue weighted by Gasteiger charge is 2.13. The molecule has 0 aliphatic heterocycles. The van der Waals surface area contributed by atoms with Crippen LogP contribution in [0.2, 0.25) is 0 Å². The zero-order chi connectivity index (χ0) is 16.4. The molecular formula is C15H26N4O3. The number of nitrogens with zero attached hydrogens (tertiary/aromatic N) is 2. The van der Waals surface area contributed by atoms with Crippen molar-refractivity contribution in [2.75, 3.05) is 20.2 Å². The smallest absolute Gasteiger partial charge is 0.307 e. The van der Waals surface area contributed by atoms with Gasteiger partial charge in [0.05, 0.1) is 25.8 Å². The Morgan fingerprint density at radius 3 is 2.64 bits per heavy atom. The van der Waals surface area contributed by atoms with Crippen LogP contribution in [0.3, 0.4) is 0 Å². The quantitative estimate of drug-likeness (QED) is 0.429. The van der Waals surface area contributed by atoms with Crippen molar-refractivity contribution in [1.82, 2.24) is 15.8 Å². The molecule has 124 valence electrons. The lowest BCUT2D eigenvalue weighted by atomic mass is 10.1. The van der Waals surface area contributed by atoms with Crippen LogP contribution in [0, 0.1) is 0 Å². The number of carbonyl (C=O) groups is 1. The second kappa shape index (κ2) is 9.81. The van der Waals surface area contributed by atoms with Crippen molar-refractivity contribution in [3.05, 3.63) is 17.0 Å². The van der Waals surface area contributed by atoms with Gasteiger partial charge in [-0.1, -0.05) is 19.0 Å². The second-order valence-electron chi connectivity index (χ2n) is 4.69. The van der Waals surface area contributed by atoms with E-state index in [1.807, 2.05) is 20.8 Å². The number of nitrogens with one attached hydrogen (secondary N) is 2. The summed E-state index contributed by atoms with van der Waals surface area (Å²) in [5, 5.41) is 10.3. The van der Waals surface area contributed by atoms with Crippen molar-refractivity contribution in [3.63, 3.8) is 0 Å². The first-order valence-corrected chi connectivity index (χ1v) is 7.71. The lowest BCUT2D eigenvalue weighted by Crippen LogP contribution is -2.38. The fourth-order valence-electron chi connectivity index (χ4n) is 2.00. The zero-order valence-electron chi connectivity index (χ0n) is 13.9. The van der Waals surface area contributed by atoms with Crippen LogP contribution >= 0.6 is 0 Å². The number of carbonyl (C=O) groups excluding carboxylic acids is 1. The topological polar surface area (TPSA) is 88.8 Å². The Bertz CT molecular complexity index is 475. The molecule has 1 heterocycles. The molecule has 0 unspecified atom stereocenters. The van der Waals surface area contributed by atoms with Crippen molar-refractivity contribution >= 4 is 11.9 Å². The normalized spacial score (nSPS) is 11.4. The molecule has 0 bridgehead atoms. The van der Waals surface area contributed by atoms with Gasteiger partial charge in [-0.2, -0.15) is 0 Å². The highest BCUT2D eigenvalue weighted by atomic mass is 16.5. The summed E-state index contributed by atoms with van der Waals surface area (Å²) in [5.41, 5.74) is 2.00. The van der Waals surface area contributed by atoms with E-state index in [-0.39, 0.29) is 5.97 Å². The summed E-state index contributed by atoms with van der Waals surface area (Å²) in [6, 6.07) is 0. The molecule has 0 fully saturated rings. The van der Waals surface area contributed by atoms with Gasteiger partial charge < -0.3 is 19.9 Å². The van der Waals surface area contributed by atoms with E-state index in [0.717, 1.165) is 36.4 Å². The number of ether oxygens (including phenoxy) is 1. The molecule has 0 saturated carbocycles. The zero-order valence-corrected chi connectivity index (χ0v) is 13.9. The summed E-state index contributed by atoms with van der Waals surface area (Å²) in [5.74, 6) is 1.30. The molecule has 1 aromatic heterocycles. The molecule has 2 N–H and O–H groups in total. The van der Waals surface area contributed by atoms with Crippen molar-refractivity contribution in [3.8, 4) is 0 Å². The van der Waals surface area contributed by atoms with Crippen LogP contribution in [-0.2, 0) is 28.9 Å². The minimum Gasteiger partial charge on any atom is -0.469 e. The number of methoxy groups -OCH3 is 1. The highest BCUT2D eigenvalue weighted by molar-refractivity contribution is 5.80. The number of aromatic nitrogens is 1. The predicted molar refractivity (Wildman–Crippen MR) is 84.7 cm³/mol. The van der Waals surface area contributed by atoms with Crippen molar-refractivity contribution in [2.45, 2.75) is 46.6 Å². The van der Waals surface area contributed by atoms with Gasteiger partial charge in [0.25, 0.3) is 0 Å². The van der Waals surface area contributed by atoms with E-state index in [9.17, 15) is 4.79 Å². The molecule has 0 saturated heterocycles. The SMILES string of the molecule is CCNC(=NCc1c(CC)noc1CC)NCCC(=O)OC. The average Bonchev–Trinajstić information content (AvgIpc) is 2.94. The Morgan fingerprint density at radius 2 is 2.05 bits per heavy atom. The molecule has 0 aliphatic carbocycles. The number of guanidine groups is 1. The van der Waals surface area contributed by atoms with Crippen LogP contribution in [0.4, 0.5) is 0 Å². The maximum absolute atomic E-state index is 11.1. The van der Waals surface area contributed by atoms with E-state index in [4.69, 9.17) is 4.52 Å². The fraction of sp³-hybridized carbons (Fsp3) is 0.667. The summed E-state index contributed by atoms with van der Waals surface area (Å²) >= 11 is 0. The van der Waals surface area contributed by atoms with Crippen LogP contribution < -0.4 is 10.6 Å². The molecule has 1 aromatic rings. The van der Waals surface area contributed by atoms with Crippen molar-refractivity contribution < 1.29 is 14.1 Å². The lowest BCUT2D eigenvalue weighted by molar-refractivity contribution is -0.140. The highest BCUT2D eigenvalue weighted by Crippen LogP contribution is 2.16. The number of esters is 1. The number of aliphatic imine (C=N–C) groups is 1. The molecular weight excluding hydrogens is 284 g/mol. The van der Waals surface area contributed by atoms with Gasteiger partial charge in [-0.15, -0.1) is 0 Å². The Hall–Kier alpha value is -2.05. The third kappa shape index (κ3) is 5.38. The number of aryl methyl sites for hydroxylation is 2.